The van der Waals surface area contributed by atoms with Crippen LogP contribution >= 0.6 is 12.4 Å². The van der Waals surface area contributed by atoms with E-state index in [1.54, 1.807) is 4.68 Å². The Morgan fingerprint density at radius 3 is 2.61 bits per heavy atom. The zero-order chi connectivity index (χ0) is 19.2. The van der Waals surface area contributed by atoms with Gasteiger partial charge in [-0.15, -0.1) is 12.4 Å². The number of aromatic nitrogens is 3. The van der Waals surface area contributed by atoms with Crippen molar-refractivity contribution in [2.45, 2.75) is 39.0 Å². The Bertz CT molecular complexity index is 754. The van der Waals surface area contributed by atoms with E-state index in [1.165, 1.54) is 0 Å². The van der Waals surface area contributed by atoms with Gasteiger partial charge in [-0.3, -0.25) is 10.1 Å². The number of aryl methyl sites for hydroxylation is 1. The number of hydrogen-bond acceptors (Lipinski definition) is 5. The van der Waals surface area contributed by atoms with Gasteiger partial charge in [0, 0.05) is 13.0 Å². The molecule has 1 amide bonds. The lowest BCUT2D eigenvalue weighted by molar-refractivity contribution is -0.115. The van der Waals surface area contributed by atoms with E-state index in [1.807, 2.05) is 31.3 Å². The quantitative estimate of drug-likeness (QED) is 0.737. The largest absolute Gasteiger partial charge is 0.493 e. The summed E-state index contributed by atoms with van der Waals surface area (Å²) in [5, 5.41) is 10.7. The molecule has 2 heterocycles. The van der Waals surface area contributed by atoms with Crippen molar-refractivity contribution in [2.75, 3.05) is 25.0 Å². The fourth-order valence-electron chi connectivity index (χ4n) is 3.09. The van der Waals surface area contributed by atoms with Gasteiger partial charge in [0.05, 0.1) is 13.0 Å². The van der Waals surface area contributed by atoms with Crippen LogP contribution in [0, 0.1) is 5.92 Å². The molecular formula is C20H30ClN5O2. The minimum absolute atomic E-state index is 0. The number of hydrogen-bond donors (Lipinski definition) is 2. The van der Waals surface area contributed by atoms with Crippen LogP contribution in [0.4, 0.5) is 5.95 Å². The molecule has 0 radical (unpaired) electrons. The van der Waals surface area contributed by atoms with E-state index >= 15 is 0 Å². The number of carbonyl (C=O) groups is 1. The number of rotatable bonds is 7. The van der Waals surface area contributed by atoms with Gasteiger partial charge in [0.2, 0.25) is 11.9 Å². The number of benzene rings is 1. The Morgan fingerprint density at radius 2 is 1.96 bits per heavy atom. The minimum Gasteiger partial charge on any atom is -0.493 e. The number of halogens is 1. The van der Waals surface area contributed by atoms with Crippen LogP contribution in [0.15, 0.2) is 24.3 Å². The first-order valence-corrected chi connectivity index (χ1v) is 9.64. The maximum atomic E-state index is 12.4. The van der Waals surface area contributed by atoms with Gasteiger partial charge in [0.1, 0.15) is 5.75 Å². The molecule has 1 aromatic heterocycles. The van der Waals surface area contributed by atoms with Crippen LogP contribution in [0.3, 0.4) is 0 Å². The third kappa shape index (κ3) is 6.21. The lowest BCUT2D eigenvalue weighted by Crippen LogP contribution is -2.27. The van der Waals surface area contributed by atoms with Crippen molar-refractivity contribution in [3.8, 4) is 5.75 Å². The standard InChI is InChI=1S/C20H29N5O2.ClH/c1-14(2)13-27-17-6-4-15(5-7-17)12-18(26)22-20-23-19(24-25(20)3)16-8-10-21-11-9-16;/h4-7,14,16,21H,8-13H2,1-3H3,(H,22,23,24,26);1H. The zero-order valence-electron chi connectivity index (χ0n) is 16.8. The highest BCUT2D eigenvalue weighted by molar-refractivity contribution is 5.90. The first kappa shape index (κ1) is 22.2. The van der Waals surface area contributed by atoms with E-state index in [4.69, 9.17) is 4.74 Å². The highest BCUT2D eigenvalue weighted by atomic mass is 35.5. The van der Waals surface area contributed by atoms with Crippen molar-refractivity contribution in [1.82, 2.24) is 20.1 Å². The number of carbonyl (C=O) groups excluding carboxylic acids is 1. The monoisotopic (exact) mass is 407 g/mol. The summed E-state index contributed by atoms with van der Waals surface area (Å²) in [5.74, 6) is 2.90. The summed E-state index contributed by atoms with van der Waals surface area (Å²) in [7, 11) is 1.81. The molecule has 0 bridgehead atoms. The van der Waals surface area contributed by atoms with Crippen LogP contribution in [-0.4, -0.2) is 40.4 Å². The SMILES string of the molecule is CC(C)COc1ccc(CC(=O)Nc2nc(C3CCNCC3)nn2C)cc1.Cl. The molecule has 28 heavy (non-hydrogen) atoms. The Balaban J connectivity index is 0.00000280. The molecule has 1 saturated heterocycles. The molecule has 1 aromatic carbocycles. The number of ether oxygens (including phenoxy) is 1. The summed E-state index contributed by atoms with van der Waals surface area (Å²) in [4.78, 5) is 16.9. The van der Waals surface area contributed by atoms with Gasteiger partial charge in [0.15, 0.2) is 5.82 Å². The summed E-state index contributed by atoms with van der Waals surface area (Å²) < 4.78 is 7.32. The van der Waals surface area contributed by atoms with Crippen LogP contribution in [0.25, 0.3) is 0 Å². The highest BCUT2D eigenvalue weighted by Crippen LogP contribution is 2.23. The summed E-state index contributed by atoms with van der Waals surface area (Å²) in [6.07, 6.45) is 2.35. The number of nitrogens with zero attached hydrogens (tertiary/aromatic N) is 3. The topological polar surface area (TPSA) is 81.1 Å². The fraction of sp³-hybridized carbons (Fsp3) is 0.550. The molecule has 1 aliphatic heterocycles. The zero-order valence-corrected chi connectivity index (χ0v) is 17.6. The minimum atomic E-state index is -0.0989. The molecule has 0 atom stereocenters. The molecule has 2 N–H and O–H groups in total. The first-order chi connectivity index (χ1) is 13.0. The molecule has 1 aliphatic rings. The van der Waals surface area contributed by atoms with Crippen LogP contribution < -0.4 is 15.4 Å². The van der Waals surface area contributed by atoms with Crippen molar-refractivity contribution in [3.05, 3.63) is 35.7 Å². The average Bonchev–Trinajstić information content (AvgIpc) is 3.02. The fourth-order valence-corrected chi connectivity index (χ4v) is 3.09. The smallest absolute Gasteiger partial charge is 0.231 e. The van der Waals surface area contributed by atoms with E-state index in [9.17, 15) is 4.79 Å². The van der Waals surface area contributed by atoms with Crippen LogP contribution in [-0.2, 0) is 18.3 Å². The predicted molar refractivity (Wildman–Crippen MR) is 112 cm³/mol. The molecule has 0 aliphatic carbocycles. The third-order valence-corrected chi connectivity index (χ3v) is 4.61. The van der Waals surface area contributed by atoms with Gasteiger partial charge in [-0.05, 0) is 49.5 Å². The third-order valence-electron chi connectivity index (χ3n) is 4.61. The van der Waals surface area contributed by atoms with E-state index in [2.05, 4.69) is 34.6 Å². The summed E-state index contributed by atoms with van der Waals surface area (Å²) in [6, 6.07) is 7.66. The Kier molecular flexibility index (Phi) is 8.26. The second-order valence-electron chi connectivity index (χ2n) is 7.52. The van der Waals surface area contributed by atoms with Crippen LogP contribution in [0.2, 0.25) is 0 Å². The van der Waals surface area contributed by atoms with Crippen molar-refractivity contribution < 1.29 is 9.53 Å². The van der Waals surface area contributed by atoms with Gasteiger partial charge in [-0.25, -0.2) is 4.68 Å². The number of piperidine rings is 1. The summed E-state index contributed by atoms with van der Waals surface area (Å²) in [5.41, 5.74) is 0.935. The van der Waals surface area contributed by atoms with E-state index in [-0.39, 0.29) is 18.3 Å². The predicted octanol–water partition coefficient (Wildman–Crippen LogP) is 2.92. The van der Waals surface area contributed by atoms with E-state index in [0.29, 0.717) is 30.8 Å². The molecule has 0 spiro atoms. The molecule has 8 heteroatoms. The molecule has 154 valence electrons. The van der Waals surface area contributed by atoms with Crippen molar-refractivity contribution in [3.63, 3.8) is 0 Å². The lowest BCUT2D eigenvalue weighted by Gasteiger charge is -2.19. The second kappa shape index (κ2) is 10.4. The molecule has 3 rings (SSSR count). The van der Waals surface area contributed by atoms with E-state index < -0.39 is 0 Å². The van der Waals surface area contributed by atoms with Crippen molar-refractivity contribution in [2.24, 2.45) is 13.0 Å². The maximum Gasteiger partial charge on any atom is 0.231 e. The molecule has 0 unspecified atom stereocenters. The molecule has 0 saturated carbocycles. The molecular weight excluding hydrogens is 378 g/mol. The lowest BCUT2D eigenvalue weighted by atomic mass is 9.98. The van der Waals surface area contributed by atoms with Gasteiger partial charge in [-0.1, -0.05) is 26.0 Å². The van der Waals surface area contributed by atoms with Gasteiger partial charge in [0.25, 0.3) is 0 Å². The Labute approximate surface area is 172 Å². The van der Waals surface area contributed by atoms with Crippen molar-refractivity contribution in [1.29, 1.82) is 0 Å². The highest BCUT2D eigenvalue weighted by Gasteiger charge is 2.21. The van der Waals surface area contributed by atoms with Crippen LogP contribution in [0.5, 0.6) is 5.75 Å². The number of anilines is 1. The first-order valence-electron chi connectivity index (χ1n) is 9.64. The Morgan fingerprint density at radius 1 is 1.29 bits per heavy atom. The summed E-state index contributed by atoms with van der Waals surface area (Å²) >= 11 is 0. The van der Waals surface area contributed by atoms with E-state index in [0.717, 1.165) is 43.1 Å². The molecule has 7 nitrogen and oxygen atoms in total. The number of amides is 1. The number of nitrogens with one attached hydrogen (secondary N) is 2. The molecule has 2 aromatic rings. The average molecular weight is 408 g/mol. The van der Waals surface area contributed by atoms with Gasteiger partial charge in [-0.2, -0.15) is 10.1 Å². The van der Waals surface area contributed by atoms with Gasteiger partial charge >= 0.3 is 0 Å². The summed E-state index contributed by atoms with van der Waals surface area (Å²) in [6.45, 7) is 6.89. The van der Waals surface area contributed by atoms with Crippen molar-refractivity contribution >= 4 is 24.3 Å². The Hall–Kier alpha value is -2.12. The van der Waals surface area contributed by atoms with Crippen LogP contribution in [0.1, 0.15) is 44.0 Å². The molecule has 1 fully saturated rings. The van der Waals surface area contributed by atoms with Gasteiger partial charge < -0.3 is 10.1 Å². The maximum absolute atomic E-state index is 12.4. The second-order valence-corrected chi connectivity index (χ2v) is 7.52. The normalized spacial score (nSPS) is 14.6.